The molecule has 6 nitrogen and oxygen atoms in total. The van der Waals surface area contributed by atoms with Gasteiger partial charge in [-0.2, -0.15) is 0 Å². The van der Waals surface area contributed by atoms with E-state index in [-0.39, 0.29) is 23.3 Å². The normalized spacial score (nSPS) is 23.6. The molecule has 0 spiro atoms. The summed E-state index contributed by atoms with van der Waals surface area (Å²) in [5.74, 6) is -0.187. The third-order valence-electron chi connectivity index (χ3n) is 3.09. The summed E-state index contributed by atoms with van der Waals surface area (Å²) in [6, 6.07) is 2.88. The molecular weight excluding hydrogens is 234 g/mol. The quantitative estimate of drug-likeness (QED) is 0.580. The number of hydrogen-bond donors (Lipinski definition) is 4. The maximum absolute atomic E-state index is 11.8. The lowest BCUT2D eigenvalue weighted by molar-refractivity contribution is 0.0751. The standard InChI is InChI=1S/C12H17N3O3/c16-9-1-2-10(14-6-9)12(18)15-5-8-3-4-13-7-11(8)17/h1-2,6,8,11,13,16-17H,3-5,7H2,(H,15,18)/t8-,11+/m0/s1. The second kappa shape index (κ2) is 5.79. The molecule has 1 aromatic rings. The molecule has 98 valence electrons. The van der Waals surface area contributed by atoms with E-state index in [9.17, 15) is 9.90 Å². The van der Waals surface area contributed by atoms with Crippen LogP contribution in [0, 0.1) is 5.92 Å². The van der Waals surface area contributed by atoms with E-state index in [1.807, 2.05) is 0 Å². The van der Waals surface area contributed by atoms with Crippen LogP contribution in [-0.4, -0.2) is 46.8 Å². The van der Waals surface area contributed by atoms with Gasteiger partial charge >= 0.3 is 0 Å². The van der Waals surface area contributed by atoms with Crippen molar-refractivity contribution in [3.8, 4) is 5.75 Å². The third kappa shape index (κ3) is 3.18. The number of nitrogens with zero attached hydrogens (tertiary/aromatic N) is 1. The topological polar surface area (TPSA) is 94.5 Å². The predicted octanol–water partition coefficient (Wildman–Crippen LogP) is -0.513. The highest BCUT2D eigenvalue weighted by Gasteiger charge is 2.23. The maximum Gasteiger partial charge on any atom is 0.269 e. The van der Waals surface area contributed by atoms with Crippen LogP contribution in [0.4, 0.5) is 0 Å². The molecule has 0 saturated carbocycles. The number of nitrogens with one attached hydrogen (secondary N) is 2. The van der Waals surface area contributed by atoms with E-state index >= 15 is 0 Å². The first-order chi connectivity index (χ1) is 8.66. The second-order valence-electron chi connectivity index (χ2n) is 4.43. The highest BCUT2D eigenvalue weighted by Crippen LogP contribution is 2.11. The summed E-state index contributed by atoms with van der Waals surface area (Å²) in [5, 5.41) is 24.6. The van der Waals surface area contributed by atoms with E-state index < -0.39 is 6.10 Å². The lowest BCUT2D eigenvalue weighted by atomic mass is 9.95. The minimum atomic E-state index is -0.424. The van der Waals surface area contributed by atoms with Crippen molar-refractivity contribution < 1.29 is 15.0 Å². The van der Waals surface area contributed by atoms with Crippen molar-refractivity contribution in [2.75, 3.05) is 19.6 Å². The van der Waals surface area contributed by atoms with Crippen LogP contribution >= 0.6 is 0 Å². The van der Waals surface area contributed by atoms with E-state index in [1.54, 1.807) is 0 Å². The number of amides is 1. The molecule has 2 heterocycles. The predicted molar refractivity (Wildman–Crippen MR) is 65.2 cm³/mol. The molecule has 6 heteroatoms. The molecule has 0 aliphatic carbocycles. The molecule has 1 aliphatic heterocycles. The summed E-state index contributed by atoms with van der Waals surface area (Å²) < 4.78 is 0. The minimum absolute atomic E-state index is 0.0281. The fourth-order valence-electron chi connectivity index (χ4n) is 1.97. The zero-order chi connectivity index (χ0) is 13.0. The number of aliphatic hydroxyl groups is 1. The van der Waals surface area contributed by atoms with E-state index in [1.165, 1.54) is 18.3 Å². The van der Waals surface area contributed by atoms with Crippen LogP contribution in [0.2, 0.25) is 0 Å². The van der Waals surface area contributed by atoms with Crippen LogP contribution in [0.3, 0.4) is 0 Å². The molecule has 1 fully saturated rings. The Labute approximate surface area is 105 Å². The first-order valence-corrected chi connectivity index (χ1v) is 5.99. The Morgan fingerprint density at radius 3 is 3.06 bits per heavy atom. The lowest BCUT2D eigenvalue weighted by Crippen LogP contribution is -2.45. The second-order valence-corrected chi connectivity index (χ2v) is 4.43. The SMILES string of the molecule is O=C(NC[C@@H]1CCNC[C@H]1O)c1ccc(O)cn1. The van der Waals surface area contributed by atoms with Gasteiger partial charge in [0.15, 0.2) is 0 Å². The molecule has 0 bridgehead atoms. The van der Waals surface area contributed by atoms with Crippen molar-refractivity contribution in [3.63, 3.8) is 0 Å². The number of aliphatic hydroxyl groups excluding tert-OH is 1. The van der Waals surface area contributed by atoms with Crippen LogP contribution in [0.15, 0.2) is 18.3 Å². The largest absolute Gasteiger partial charge is 0.506 e. The Hall–Kier alpha value is -1.66. The number of rotatable bonds is 3. The molecule has 4 N–H and O–H groups in total. The molecule has 2 atom stereocenters. The van der Waals surface area contributed by atoms with Crippen LogP contribution in [0.25, 0.3) is 0 Å². The van der Waals surface area contributed by atoms with Gasteiger partial charge in [0.1, 0.15) is 11.4 Å². The molecule has 1 aromatic heterocycles. The molecule has 1 saturated heterocycles. The summed E-state index contributed by atoms with van der Waals surface area (Å²) in [5.41, 5.74) is 0.260. The number of aromatic nitrogens is 1. The van der Waals surface area contributed by atoms with Crippen molar-refractivity contribution in [1.29, 1.82) is 0 Å². The number of hydrogen-bond acceptors (Lipinski definition) is 5. The summed E-state index contributed by atoms with van der Waals surface area (Å²) in [6.07, 6.45) is 1.64. The summed E-state index contributed by atoms with van der Waals surface area (Å²) in [7, 11) is 0. The van der Waals surface area contributed by atoms with Crippen molar-refractivity contribution in [2.45, 2.75) is 12.5 Å². The average Bonchev–Trinajstić information content (AvgIpc) is 2.38. The number of carbonyl (C=O) groups is 1. The first-order valence-electron chi connectivity index (χ1n) is 5.99. The van der Waals surface area contributed by atoms with Crippen molar-refractivity contribution in [3.05, 3.63) is 24.0 Å². The molecule has 0 unspecified atom stereocenters. The minimum Gasteiger partial charge on any atom is -0.506 e. The summed E-state index contributed by atoms with van der Waals surface area (Å²) in [6.45, 7) is 1.86. The Bertz CT molecular complexity index is 408. The number of β-amino-alcohol motifs (C(OH)–C–C–N with tert-alkyl or cyclic N) is 1. The van der Waals surface area contributed by atoms with E-state index in [4.69, 9.17) is 5.11 Å². The van der Waals surface area contributed by atoms with Gasteiger partial charge in [0, 0.05) is 19.0 Å². The van der Waals surface area contributed by atoms with Gasteiger partial charge in [0.2, 0.25) is 0 Å². The first kappa shape index (κ1) is 12.8. The number of pyridine rings is 1. The van der Waals surface area contributed by atoms with Crippen molar-refractivity contribution in [1.82, 2.24) is 15.6 Å². The number of carbonyl (C=O) groups excluding carboxylic acids is 1. The zero-order valence-corrected chi connectivity index (χ0v) is 9.97. The maximum atomic E-state index is 11.8. The van der Waals surface area contributed by atoms with Gasteiger partial charge in [-0.3, -0.25) is 4.79 Å². The van der Waals surface area contributed by atoms with E-state index in [0.717, 1.165) is 13.0 Å². The highest BCUT2D eigenvalue weighted by molar-refractivity contribution is 5.92. The van der Waals surface area contributed by atoms with E-state index in [2.05, 4.69) is 15.6 Å². The fraction of sp³-hybridized carbons (Fsp3) is 0.500. The lowest BCUT2D eigenvalue weighted by Gasteiger charge is -2.28. The molecule has 0 radical (unpaired) electrons. The summed E-state index contributed by atoms with van der Waals surface area (Å²) in [4.78, 5) is 15.6. The monoisotopic (exact) mass is 251 g/mol. The Kier molecular flexibility index (Phi) is 4.11. The van der Waals surface area contributed by atoms with Crippen LogP contribution in [0.5, 0.6) is 5.75 Å². The average molecular weight is 251 g/mol. The fourth-order valence-corrected chi connectivity index (χ4v) is 1.97. The third-order valence-corrected chi connectivity index (χ3v) is 3.09. The van der Waals surface area contributed by atoms with Gasteiger partial charge in [0.05, 0.1) is 12.3 Å². The molecular formula is C12H17N3O3. The molecule has 2 rings (SSSR count). The summed E-state index contributed by atoms with van der Waals surface area (Å²) >= 11 is 0. The van der Waals surface area contributed by atoms with Crippen LogP contribution < -0.4 is 10.6 Å². The molecule has 1 aliphatic rings. The van der Waals surface area contributed by atoms with Crippen LogP contribution in [-0.2, 0) is 0 Å². The molecule has 18 heavy (non-hydrogen) atoms. The Balaban J connectivity index is 1.86. The van der Waals surface area contributed by atoms with Crippen LogP contribution in [0.1, 0.15) is 16.9 Å². The van der Waals surface area contributed by atoms with Gasteiger partial charge in [-0.25, -0.2) is 4.98 Å². The Morgan fingerprint density at radius 1 is 1.56 bits per heavy atom. The number of aromatic hydroxyl groups is 1. The van der Waals surface area contributed by atoms with Gasteiger partial charge in [-0.1, -0.05) is 0 Å². The van der Waals surface area contributed by atoms with Crippen molar-refractivity contribution in [2.24, 2.45) is 5.92 Å². The smallest absolute Gasteiger partial charge is 0.269 e. The highest BCUT2D eigenvalue weighted by atomic mass is 16.3. The molecule has 0 aromatic carbocycles. The Morgan fingerprint density at radius 2 is 2.39 bits per heavy atom. The molecule has 1 amide bonds. The van der Waals surface area contributed by atoms with Gasteiger partial charge in [0.25, 0.3) is 5.91 Å². The van der Waals surface area contributed by atoms with E-state index in [0.29, 0.717) is 13.1 Å². The number of piperidine rings is 1. The zero-order valence-electron chi connectivity index (χ0n) is 9.97. The van der Waals surface area contributed by atoms with Gasteiger partial charge in [-0.15, -0.1) is 0 Å². The van der Waals surface area contributed by atoms with Gasteiger partial charge < -0.3 is 20.8 Å². The van der Waals surface area contributed by atoms with Crippen molar-refractivity contribution >= 4 is 5.91 Å². The van der Waals surface area contributed by atoms with Gasteiger partial charge in [-0.05, 0) is 25.1 Å².